The Bertz CT molecular complexity index is 909. The van der Waals surface area contributed by atoms with Crippen molar-refractivity contribution in [3.05, 3.63) is 57.3 Å². The van der Waals surface area contributed by atoms with Gasteiger partial charge in [0.05, 0.1) is 12.2 Å². The van der Waals surface area contributed by atoms with Crippen molar-refractivity contribution in [3.8, 4) is 0 Å². The minimum absolute atomic E-state index is 0.0298. The van der Waals surface area contributed by atoms with Crippen LogP contribution >= 0.6 is 11.3 Å². The summed E-state index contributed by atoms with van der Waals surface area (Å²) in [7, 11) is 0. The van der Waals surface area contributed by atoms with Crippen LogP contribution < -0.4 is 0 Å². The van der Waals surface area contributed by atoms with Crippen LogP contribution in [0, 0.1) is 17.3 Å². The molecule has 0 unspecified atom stereocenters. The van der Waals surface area contributed by atoms with Crippen molar-refractivity contribution in [3.63, 3.8) is 0 Å². The SMILES string of the molecule is C[C@]12C[C@H](c3ccsc3)C3=C4CCC(=O)C=C4CC[C@H]3[C@@H]1CC[C@@]2(O)/C=C/CO. The Kier molecular flexibility index (Phi) is 4.73. The lowest BCUT2D eigenvalue weighted by Gasteiger charge is -2.54. The van der Waals surface area contributed by atoms with E-state index in [-0.39, 0.29) is 17.8 Å². The molecule has 4 aliphatic rings. The fourth-order valence-corrected chi connectivity index (χ4v) is 7.71. The maximum absolute atomic E-state index is 12.0. The van der Waals surface area contributed by atoms with Crippen LogP contribution in [0.4, 0.5) is 0 Å². The molecule has 0 saturated heterocycles. The third-order valence-corrected chi connectivity index (χ3v) is 9.10. The summed E-state index contributed by atoms with van der Waals surface area (Å²) < 4.78 is 0. The largest absolute Gasteiger partial charge is 0.392 e. The molecule has 29 heavy (non-hydrogen) atoms. The molecule has 0 aromatic carbocycles. The number of carbonyl (C=O) groups excluding carboxylic acids is 1. The number of hydrogen-bond acceptors (Lipinski definition) is 4. The Labute approximate surface area is 176 Å². The van der Waals surface area contributed by atoms with Crippen LogP contribution in [0.3, 0.4) is 0 Å². The van der Waals surface area contributed by atoms with Gasteiger partial charge in [-0.3, -0.25) is 4.79 Å². The minimum Gasteiger partial charge on any atom is -0.392 e. The van der Waals surface area contributed by atoms with Crippen LogP contribution in [-0.2, 0) is 4.79 Å². The maximum atomic E-state index is 12.0. The monoisotopic (exact) mass is 410 g/mol. The van der Waals surface area contributed by atoms with Gasteiger partial charge >= 0.3 is 0 Å². The van der Waals surface area contributed by atoms with E-state index in [1.807, 2.05) is 12.2 Å². The van der Waals surface area contributed by atoms with Crippen molar-refractivity contribution in [1.29, 1.82) is 0 Å². The summed E-state index contributed by atoms with van der Waals surface area (Å²) >= 11 is 1.74. The number of thiophene rings is 1. The first-order chi connectivity index (χ1) is 14.0. The zero-order valence-electron chi connectivity index (χ0n) is 17.1. The Morgan fingerprint density at radius 3 is 2.90 bits per heavy atom. The average molecular weight is 411 g/mol. The summed E-state index contributed by atoms with van der Waals surface area (Å²) in [5.74, 6) is 1.52. The highest BCUT2D eigenvalue weighted by atomic mass is 32.1. The number of rotatable bonds is 3. The van der Waals surface area contributed by atoms with Gasteiger partial charge in [0.1, 0.15) is 0 Å². The summed E-state index contributed by atoms with van der Waals surface area (Å²) in [6.07, 6.45) is 11.8. The Morgan fingerprint density at radius 1 is 1.28 bits per heavy atom. The normalized spacial score (nSPS) is 39.3. The Morgan fingerprint density at radius 2 is 2.14 bits per heavy atom. The van der Waals surface area contributed by atoms with E-state index >= 15 is 0 Å². The summed E-state index contributed by atoms with van der Waals surface area (Å²) in [4.78, 5) is 12.0. The van der Waals surface area contributed by atoms with E-state index in [1.54, 1.807) is 23.0 Å². The van der Waals surface area contributed by atoms with Crippen LogP contribution in [0.5, 0.6) is 0 Å². The van der Waals surface area contributed by atoms with Gasteiger partial charge in [-0.25, -0.2) is 0 Å². The summed E-state index contributed by atoms with van der Waals surface area (Å²) in [6, 6.07) is 2.24. The second kappa shape index (κ2) is 7.04. The molecule has 0 radical (unpaired) electrons. The summed E-state index contributed by atoms with van der Waals surface area (Å²) in [5.41, 5.74) is 4.62. The topological polar surface area (TPSA) is 57.5 Å². The number of ketones is 1. The van der Waals surface area contributed by atoms with Crippen LogP contribution in [0.1, 0.15) is 63.4 Å². The van der Waals surface area contributed by atoms with Crippen molar-refractivity contribution in [2.45, 2.75) is 63.4 Å². The molecule has 4 aliphatic carbocycles. The Balaban J connectivity index is 1.66. The van der Waals surface area contributed by atoms with Crippen LogP contribution in [0.2, 0.25) is 0 Å². The molecular formula is C25H30O3S. The smallest absolute Gasteiger partial charge is 0.156 e. The lowest BCUT2D eigenvalue weighted by Crippen LogP contribution is -2.50. The molecule has 3 nitrogen and oxygen atoms in total. The number of hydrogen-bond donors (Lipinski definition) is 2. The Hall–Kier alpha value is -1.49. The van der Waals surface area contributed by atoms with Gasteiger partial charge in [0.2, 0.25) is 0 Å². The highest BCUT2D eigenvalue weighted by Gasteiger charge is 2.61. The first-order valence-corrected chi connectivity index (χ1v) is 11.9. The molecule has 0 amide bonds. The summed E-state index contributed by atoms with van der Waals surface area (Å²) in [5, 5.41) is 25.4. The highest BCUT2D eigenvalue weighted by Crippen LogP contribution is 2.67. The van der Waals surface area contributed by atoms with Gasteiger partial charge in [-0.2, -0.15) is 11.3 Å². The van der Waals surface area contributed by atoms with E-state index in [0.29, 0.717) is 24.2 Å². The van der Waals surface area contributed by atoms with E-state index < -0.39 is 5.60 Å². The molecule has 5 rings (SSSR count). The van der Waals surface area contributed by atoms with Crippen molar-refractivity contribution >= 4 is 17.1 Å². The molecule has 0 bridgehead atoms. The maximum Gasteiger partial charge on any atom is 0.156 e. The summed E-state index contributed by atoms with van der Waals surface area (Å²) in [6.45, 7) is 2.25. The zero-order chi connectivity index (χ0) is 20.2. The van der Waals surface area contributed by atoms with Gasteiger partial charge in [0.15, 0.2) is 5.78 Å². The highest BCUT2D eigenvalue weighted by molar-refractivity contribution is 7.08. The van der Waals surface area contributed by atoms with Gasteiger partial charge in [-0.05, 0) is 90.0 Å². The lowest BCUT2D eigenvalue weighted by atomic mass is 9.51. The average Bonchev–Trinajstić information content (AvgIpc) is 3.33. The fourth-order valence-electron chi connectivity index (χ4n) is 6.99. The predicted octanol–water partition coefficient (Wildman–Crippen LogP) is 4.93. The van der Waals surface area contributed by atoms with Gasteiger partial charge in [-0.1, -0.05) is 24.6 Å². The van der Waals surface area contributed by atoms with Gasteiger partial charge in [0, 0.05) is 17.8 Å². The number of fused-ring (bicyclic) bond motifs is 4. The van der Waals surface area contributed by atoms with Crippen molar-refractivity contribution in [2.24, 2.45) is 17.3 Å². The zero-order valence-corrected chi connectivity index (χ0v) is 17.9. The van der Waals surface area contributed by atoms with Crippen LogP contribution in [0.15, 0.2) is 51.8 Å². The first kappa shape index (κ1) is 19.5. The third kappa shape index (κ3) is 2.87. The van der Waals surface area contributed by atoms with Crippen LogP contribution in [-0.4, -0.2) is 28.2 Å². The number of allylic oxidation sites excluding steroid dienone is 4. The molecule has 1 heterocycles. The van der Waals surface area contributed by atoms with E-state index in [0.717, 1.165) is 38.5 Å². The minimum atomic E-state index is -0.858. The molecule has 2 saturated carbocycles. The molecule has 154 valence electrons. The standard InChI is InChI=1S/C25H30O3S/c1-24-14-21(17-8-12-29-15-17)23-19-6-4-18(27)13-16(19)3-5-20(23)22(24)7-10-25(24,28)9-2-11-26/h2,8-9,12-13,15,20-22,26,28H,3-7,10-11,14H2,1H3/b9-2+/t20-,21+,22-,24-,25-/m0/s1. The van der Waals surface area contributed by atoms with Gasteiger partial charge < -0.3 is 10.2 Å². The van der Waals surface area contributed by atoms with Crippen LogP contribution in [0.25, 0.3) is 0 Å². The quantitative estimate of drug-likeness (QED) is 0.695. The van der Waals surface area contributed by atoms with E-state index in [1.165, 1.54) is 16.7 Å². The molecular weight excluding hydrogens is 380 g/mol. The lowest BCUT2D eigenvalue weighted by molar-refractivity contribution is -0.114. The first-order valence-electron chi connectivity index (χ1n) is 11.0. The molecule has 0 spiro atoms. The molecule has 1 aromatic heterocycles. The second-order valence-electron chi connectivity index (χ2n) is 9.60. The van der Waals surface area contributed by atoms with E-state index in [4.69, 9.17) is 0 Å². The predicted molar refractivity (Wildman–Crippen MR) is 116 cm³/mol. The number of carbonyl (C=O) groups is 1. The third-order valence-electron chi connectivity index (χ3n) is 8.39. The van der Waals surface area contributed by atoms with E-state index in [9.17, 15) is 15.0 Å². The number of aliphatic hydroxyl groups excluding tert-OH is 1. The van der Waals surface area contributed by atoms with Crippen molar-refractivity contribution in [2.75, 3.05) is 6.61 Å². The number of aliphatic hydroxyl groups is 2. The fraction of sp³-hybridized carbons (Fsp3) is 0.560. The molecule has 2 fully saturated rings. The van der Waals surface area contributed by atoms with E-state index in [2.05, 4.69) is 23.8 Å². The molecule has 0 aliphatic heterocycles. The molecule has 5 atom stereocenters. The molecule has 1 aromatic rings. The van der Waals surface area contributed by atoms with Crippen molar-refractivity contribution in [1.82, 2.24) is 0 Å². The second-order valence-corrected chi connectivity index (χ2v) is 10.4. The molecule has 2 N–H and O–H groups in total. The van der Waals surface area contributed by atoms with Gasteiger partial charge in [-0.15, -0.1) is 0 Å². The van der Waals surface area contributed by atoms with Crippen molar-refractivity contribution < 1.29 is 15.0 Å². The molecule has 4 heteroatoms. The van der Waals surface area contributed by atoms with Gasteiger partial charge in [0.25, 0.3) is 0 Å².